The van der Waals surface area contributed by atoms with Gasteiger partial charge >= 0.3 is 5.97 Å². The Morgan fingerprint density at radius 3 is 2.92 bits per heavy atom. The zero-order chi connectivity index (χ0) is 17.1. The Hall–Kier alpha value is -2.77. The van der Waals surface area contributed by atoms with E-state index in [-0.39, 0.29) is 25.2 Å². The second-order valence-corrected chi connectivity index (χ2v) is 5.56. The Morgan fingerprint density at radius 2 is 2.12 bits per heavy atom. The lowest BCUT2D eigenvalue weighted by molar-refractivity contribution is -0.142. The van der Waals surface area contributed by atoms with Crippen LogP contribution in [-0.2, 0) is 25.7 Å². The molecular weight excluding hydrogens is 316 g/mol. The summed E-state index contributed by atoms with van der Waals surface area (Å²) in [6.07, 6.45) is 0.733. The van der Waals surface area contributed by atoms with Crippen LogP contribution in [0.5, 0.6) is 11.5 Å². The Morgan fingerprint density at radius 1 is 1.33 bits per heavy atom. The van der Waals surface area contributed by atoms with Gasteiger partial charge in [-0.25, -0.2) is 0 Å². The molecule has 1 saturated heterocycles. The Bertz CT molecular complexity index is 675. The molecule has 1 atom stereocenters. The molecule has 0 radical (unpaired) electrons. The van der Waals surface area contributed by atoms with Gasteiger partial charge in [-0.1, -0.05) is 6.07 Å². The lowest BCUT2D eigenvalue weighted by Gasteiger charge is -2.24. The normalized spacial score (nSPS) is 18.6. The van der Waals surface area contributed by atoms with Crippen LogP contribution in [0.3, 0.4) is 0 Å². The minimum atomic E-state index is -0.590. The number of esters is 1. The van der Waals surface area contributed by atoms with Crippen molar-refractivity contribution in [3.05, 3.63) is 23.8 Å². The maximum absolute atomic E-state index is 12.2. The molecule has 0 saturated carbocycles. The predicted octanol–water partition coefficient (Wildman–Crippen LogP) is 0.195. The standard InChI is InChI=1S/C16H18N2O6/c1-22-15(20)7-17-16(21)11-3-5-14(19)18(11)8-10-2-4-12-13(6-10)24-9-23-12/h2,4,6,11H,3,5,7-9H2,1H3,(H,17,21). The van der Waals surface area contributed by atoms with Crippen LogP contribution in [0.25, 0.3) is 0 Å². The van der Waals surface area contributed by atoms with Crippen molar-refractivity contribution in [1.82, 2.24) is 10.2 Å². The fraction of sp³-hybridized carbons (Fsp3) is 0.438. The number of hydrogen-bond acceptors (Lipinski definition) is 6. The number of carbonyl (C=O) groups is 3. The van der Waals surface area contributed by atoms with E-state index < -0.39 is 12.0 Å². The molecule has 2 amide bonds. The second-order valence-electron chi connectivity index (χ2n) is 5.56. The summed E-state index contributed by atoms with van der Waals surface area (Å²) in [5.74, 6) is 0.317. The molecule has 8 heteroatoms. The van der Waals surface area contributed by atoms with E-state index in [0.717, 1.165) is 5.56 Å². The number of benzene rings is 1. The molecule has 128 valence electrons. The van der Waals surface area contributed by atoms with E-state index in [9.17, 15) is 14.4 Å². The first-order chi connectivity index (χ1) is 11.6. The molecule has 1 unspecified atom stereocenters. The van der Waals surface area contributed by atoms with Gasteiger partial charge in [0.05, 0.1) is 7.11 Å². The highest BCUT2D eigenvalue weighted by Gasteiger charge is 2.36. The highest BCUT2D eigenvalue weighted by molar-refractivity contribution is 5.92. The zero-order valence-electron chi connectivity index (χ0n) is 13.2. The van der Waals surface area contributed by atoms with Gasteiger partial charge in [-0.3, -0.25) is 14.4 Å². The van der Waals surface area contributed by atoms with E-state index >= 15 is 0 Å². The molecule has 0 aromatic heterocycles. The van der Waals surface area contributed by atoms with Crippen LogP contribution >= 0.6 is 0 Å². The SMILES string of the molecule is COC(=O)CNC(=O)C1CCC(=O)N1Cc1ccc2c(c1)OCO2. The summed E-state index contributed by atoms with van der Waals surface area (Å²) in [5.41, 5.74) is 0.847. The first-order valence-corrected chi connectivity index (χ1v) is 7.61. The average Bonchev–Trinajstić information content (AvgIpc) is 3.19. The monoisotopic (exact) mass is 334 g/mol. The summed E-state index contributed by atoms with van der Waals surface area (Å²) in [6.45, 7) is 0.268. The van der Waals surface area contributed by atoms with Gasteiger partial charge in [0.25, 0.3) is 0 Å². The van der Waals surface area contributed by atoms with E-state index in [0.29, 0.717) is 30.9 Å². The van der Waals surface area contributed by atoms with Crippen molar-refractivity contribution in [3.8, 4) is 11.5 Å². The van der Waals surface area contributed by atoms with Crippen molar-refractivity contribution in [1.29, 1.82) is 0 Å². The number of rotatable bonds is 5. The predicted molar refractivity (Wildman–Crippen MR) is 81.2 cm³/mol. The quantitative estimate of drug-likeness (QED) is 0.773. The number of methoxy groups -OCH3 is 1. The molecule has 0 aliphatic carbocycles. The lowest BCUT2D eigenvalue weighted by atomic mass is 10.1. The van der Waals surface area contributed by atoms with Crippen molar-refractivity contribution < 1.29 is 28.6 Å². The van der Waals surface area contributed by atoms with Crippen molar-refractivity contribution >= 4 is 17.8 Å². The number of fused-ring (bicyclic) bond motifs is 1. The summed E-state index contributed by atoms with van der Waals surface area (Å²) < 4.78 is 15.1. The van der Waals surface area contributed by atoms with Gasteiger partial charge in [-0.15, -0.1) is 0 Å². The minimum absolute atomic E-state index is 0.0918. The van der Waals surface area contributed by atoms with E-state index in [1.807, 2.05) is 6.07 Å². The van der Waals surface area contributed by atoms with Crippen molar-refractivity contribution in [2.45, 2.75) is 25.4 Å². The smallest absolute Gasteiger partial charge is 0.325 e. The van der Waals surface area contributed by atoms with Crippen molar-refractivity contribution in [2.24, 2.45) is 0 Å². The topological polar surface area (TPSA) is 94.2 Å². The van der Waals surface area contributed by atoms with E-state index in [1.54, 1.807) is 12.1 Å². The van der Waals surface area contributed by atoms with Crippen molar-refractivity contribution in [2.75, 3.05) is 20.4 Å². The molecule has 2 heterocycles. The Kier molecular flexibility index (Phi) is 4.54. The van der Waals surface area contributed by atoms with Gasteiger partial charge in [0, 0.05) is 13.0 Å². The van der Waals surface area contributed by atoms with Crippen LogP contribution < -0.4 is 14.8 Å². The summed E-state index contributed by atoms with van der Waals surface area (Å²) in [4.78, 5) is 37.0. The van der Waals surface area contributed by atoms with Gasteiger partial charge < -0.3 is 24.4 Å². The molecule has 1 N–H and O–H groups in total. The highest BCUT2D eigenvalue weighted by atomic mass is 16.7. The molecular formula is C16H18N2O6. The molecule has 2 aliphatic heterocycles. The van der Waals surface area contributed by atoms with Crippen LogP contribution in [0.2, 0.25) is 0 Å². The molecule has 8 nitrogen and oxygen atoms in total. The maximum atomic E-state index is 12.2. The third kappa shape index (κ3) is 3.27. The highest BCUT2D eigenvalue weighted by Crippen LogP contribution is 2.33. The number of nitrogens with zero attached hydrogens (tertiary/aromatic N) is 1. The number of hydrogen-bond donors (Lipinski definition) is 1. The minimum Gasteiger partial charge on any atom is -0.468 e. The molecule has 3 rings (SSSR count). The number of ether oxygens (including phenoxy) is 3. The van der Waals surface area contributed by atoms with Crippen molar-refractivity contribution in [3.63, 3.8) is 0 Å². The largest absolute Gasteiger partial charge is 0.468 e. The maximum Gasteiger partial charge on any atom is 0.325 e. The number of nitrogens with one attached hydrogen (secondary N) is 1. The molecule has 0 bridgehead atoms. The molecule has 24 heavy (non-hydrogen) atoms. The van der Waals surface area contributed by atoms with Crippen LogP contribution in [-0.4, -0.2) is 49.2 Å². The Labute approximate surface area is 138 Å². The summed E-state index contributed by atoms with van der Waals surface area (Å²) in [6, 6.07) is 4.83. The van der Waals surface area contributed by atoms with Crippen LogP contribution in [0.15, 0.2) is 18.2 Å². The summed E-state index contributed by atoms with van der Waals surface area (Å²) in [7, 11) is 1.25. The second kappa shape index (κ2) is 6.77. The van der Waals surface area contributed by atoms with Gasteiger partial charge in [0.1, 0.15) is 12.6 Å². The molecule has 1 fully saturated rings. The van der Waals surface area contributed by atoms with Gasteiger partial charge in [-0.05, 0) is 24.1 Å². The van der Waals surface area contributed by atoms with Crippen LogP contribution in [0.1, 0.15) is 18.4 Å². The number of likely N-dealkylation sites (tertiary alicyclic amines) is 1. The first kappa shape index (κ1) is 16.1. The van der Waals surface area contributed by atoms with E-state index in [4.69, 9.17) is 9.47 Å². The lowest BCUT2D eigenvalue weighted by Crippen LogP contribution is -2.45. The number of amides is 2. The van der Waals surface area contributed by atoms with Gasteiger partial charge in [-0.2, -0.15) is 0 Å². The molecule has 0 spiro atoms. The molecule has 1 aromatic rings. The fourth-order valence-electron chi connectivity index (χ4n) is 2.79. The third-order valence-electron chi connectivity index (χ3n) is 4.06. The van der Waals surface area contributed by atoms with E-state index in [1.165, 1.54) is 12.0 Å². The average molecular weight is 334 g/mol. The van der Waals surface area contributed by atoms with Crippen LogP contribution in [0, 0.1) is 0 Å². The molecule has 2 aliphatic rings. The van der Waals surface area contributed by atoms with E-state index in [2.05, 4.69) is 10.1 Å². The zero-order valence-corrected chi connectivity index (χ0v) is 13.2. The van der Waals surface area contributed by atoms with Gasteiger partial charge in [0.15, 0.2) is 11.5 Å². The fourth-order valence-corrected chi connectivity index (χ4v) is 2.79. The first-order valence-electron chi connectivity index (χ1n) is 7.61. The summed E-state index contributed by atoms with van der Waals surface area (Å²) in [5, 5.41) is 2.50. The third-order valence-corrected chi connectivity index (χ3v) is 4.06. The summed E-state index contributed by atoms with van der Waals surface area (Å²) >= 11 is 0. The Balaban J connectivity index is 1.67. The molecule has 1 aromatic carbocycles. The van der Waals surface area contributed by atoms with Crippen LogP contribution in [0.4, 0.5) is 0 Å². The number of carbonyl (C=O) groups excluding carboxylic acids is 3. The van der Waals surface area contributed by atoms with Gasteiger partial charge in [0.2, 0.25) is 18.6 Å².